The van der Waals surface area contributed by atoms with Gasteiger partial charge in [0.2, 0.25) is 0 Å². The van der Waals surface area contributed by atoms with Crippen LogP contribution in [0.4, 0.5) is 0 Å². The number of benzene rings is 7. The van der Waals surface area contributed by atoms with E-state index in [1.165, 1.54) is 38.2 Å². The Morgan fingerprint density at radius 3 is 1.73 bits per heavy atom. The molecule has 3 heterocycles. The van der Waals surface area contributed by atoms with Gasteiger partial charge in [-0.05, 0) is 97.9 Å². The molecule has 49 heavy (non-hydrogen) atoms. The Morgan fingerprint density at radius 1 is 0.408 bits per heavy atom. The van der Waals surface area contributed by atoms with Crippen molar-refractivity contribution in [3.05, 3.63) is 170 Å². The fourth-order valence-electron chi connectivity index (χ4n) is 7.48. The third-order valence-electron chi connectivity index (χ3n) is 9.64. The van der Waals surface area contributed by atoms with Gasteiger partial charge < -0.3 is 0 Å². The van der Waals surface area contributed by atoms with Gasteiger partial charge in [-0.15, -0.1) is 0 Å². The highest BCUT2D eigenvalue weighted by Crippen LogP contribution is 2.45. The van der Waals surface area contributed by atoms with E-state index in [4.69, 9.17) is 9.97 Å². The van der Waals surface area contributed by atoms with Crippen molar-refractivity contribution in [3.63, 3.8) is 0 Å². The molecule has 228 valence electrons. The van der Waals surface area contributed by atoms with Crippen LogP contribution in [0.2, 0.25) is 0 Å². The summed E-state index contributed by atoms with van der Waals surface area (Å²) in [4.78, 5) is 14.8. The molecule has 0 atom stereocenters. The molecule has 4 nitrogen and oxygen atoms in total. The summed E-state index contributed by atoms with van der Waals surface area (Å²) in [5.41, 5.74) is 12.7. The zero-order chi connectivity index (χ0) is 32.3. The highest BCUT2D eigenvalue weighted by molar-refractivity contribution is 6.22. The summed E-state index contributed by atoms with van der Waals surface area (Å²) in [6.07, 6.45) is 3.81. The van der Waals surface area contributed by atoms with Crippen molar-refractivity contribution >= 4 is 54.6 Å². The first-order chi connectivity index (χ1) is 24.3. The molecule has 0 aliphatic carbocycles. The van der Waals surface area contributed by atoms with Crippen LogP contribution in [-0.2, 0) is 0 Å². The third-order valence-corrected chi connectivity index (χ3v) is 9.64. The van der Waals surface area contributed by atoms with Gasteiger partial charge in [0.1, 0.15) is 5.52 Å². The lowest BCUT2D eigenvalue weighted by atomic mass is 9.85. The highest BCUT2D eigenvalue weighted by atomic mass is 15.1. The largest absolute Gasteiger partial charge is 0.293 e. The van der Waals surface area contributed by atoms with Gasteiger partial charge in [0.25, 0.3) is 0 Å². The van der Waals surface area contributed by atoms with Gasteiger partial charge in [-0.1, -0.05) is 109 Å². The van der Waals surface area contributed by atoms with Gasteiger partial charge in [0, 0.05) is 29.0 Å². The van der Waals surface area contributed by atoms with E-state index in [1.807, 2.05) is 48.8 Å². The Labute approximate surface area is 282 Å². The Kier molecular flexibility index (Phi) is 6.15. The molecule has 10 aromatic rings. The predicted molar refractivity (Wildman–Crippen MR) is 203 cm³/mol. The van der Waals surface area contributed by atoms with Crippen molar-refractivity contribution in [2.24, 2.45) is 0 Å². The fourth-order valence-corrected chi connectivity index (χ4v) is 7.48. The van der Waals surface area contributed by atoms with Crippen molar-refractivity contribution in [2.45, 2.75) is 0 Å². The normalized spacial score (nSPS) is 11.7. The van der Waals surface area contributed by atoms with E-state index in [0.29, 0.717) is 0 Å². The second-order valence-electron chi connectivity index (χ2n) is 12.5. The molecule has 0 aliphatic heterocycles. The lowest BCUT2D eigenvalue weighted by Gasteiger charge is -2.18. The second-order valence-corrected chi connectivity index (χ2v) is 12.5. The number of aromatic nitrogens is 4. The molecular weight excluding hydrogens is 597 g/mol. The average molecular weight is 625 g/mol. The monoisotopic (exact) mass is 624 g/mol. The summed E-state index contributed by atoms with van der Waals surface area (Å²) in [5.74, 6) is 0. The van der Waals surface area contributed by atoms with Crippen molar-refractivity contribution < 1.29 is 0 Å². The molecule has 3 aromatic heterocycles. The number of rotatable bonds is 4. The molecule has 0 unspecified atom stereocenters. The van der Waals surface area contributed by atoms with Crippen molar-refractivity contribution in [1.29, 1.82) is 0 Å². The molecule has 0 radical (unpaired) electrons. The predicted octanol–water partition coefficient (Wildman–Crippen LogP) is 11.4. The summed E-state index contributed by atoms with van der Waals surface area (Å²) < 4.78 is 2.23. The quantitative estimate of drug-likeness (QED) is 0.183. The topological polar surface area (TPSA) is 43.6 Å². The minimum Gasteiger partial charge on any atom is -0.293 e. The maximum absolute atomic E-state index is 5.18. The molecule has 10 rings (SSSR count). The molecule has 0 bridgehead atoms. The van der Waals surface area contributed by atoms with E-state index < -0.39 is 0 Å². The smallest absolute Gasteiger partial charge is 0.165 e. The van der Waals surface area contributed by atoms with E-state index in [9.17, 15) is 0 Å². The van der Waals surface area contributed by atoms with Gasteiger partial charge >= 0.3 is 0 Å². The van der Waals surface area contributed by atoms with Crippen LogP contribution >= 0.6 is 0 Å². The van der Waals surface area contributed by atoms with E-state index in [0.717, 1.165) is 55.5 Å². The molecule has 0 saturated heterocycles. The molecule has 0 aliphatic rings. The maximum Gasteiger partial charge on any atom is 0.165 e. The Morgan fingerprint density at radius 2 is 1.00 bits per heavy atom. The Hall–Kier alpha value is -6.65. The summed E-state index contributed by atoms with van der Waals surface area (Å²) >= 11 is 0. The maximum atomic E-state index is 5.18. The van der Waals surface area contributed by atoms with Crippen LogP contribution in [0.25, 0.3) is 93.7 Å². The number of hydrogen-bond acceptors (Lipinski definition) is 3. The summed E-state index contributed by atoms with van der Waals surface area (Å²) in [6, 6.07) is 55.9. The van der Waals surface area contributed by atoms with Crippen molar-refractivity contribution in [2.75, 3.05) is 0 Å². The zero-order valence-corrected chi connectivity index (χ0v) is 26.5. The minimum atomic E-state index is 0.856. The van der Waals surface area contributed by atoms with Gasteiger partial charge in [0.05, 0.1) is 16.6 Å². The molecule has 0 saturated carbocycles. The van der Waals surface area contributed by atoms with E-state index in [2.05, 4.69) is 131 Å². The summed E-state index contributed by atoms with van der Waals surface area (Å²) in [7, 11) is 0. The van der Waals surface area contributed by atoms with E-state index in [-0.39, 0.29) is 0 Å². The zero-order valence-electron chi connectivity index (χ0n) is 26.5. The average Bonchev–Trinajstić information content (AvgIpc) is 3.49. The Balaban J connectivity index is 1.27. The lowest BCUT2D eigenvalue weighted by Crippen LogP contribution is -1.96. The molecular formula is C45H28N4. The SMILES string of the molecule is c1ccc(-c2c3ccccc3c(-c3cccnc3)c3ccc(-c4ccc5c(c4)c4nc6ccccc6nc4n5-c4ccccc4)cc23)cc1. The highest BCUT2D eigenvalue weighted by Gasteiger charge is 2.20. The molecule has 0 spiro atoms. The van der Waals surface area contributed by atoms with Crippen LogP contribution in [0.3, 0.4) is 0 Å². The van der Waals surface area contributed by atoms with Gasteiger partial charge in [-0.3, -0.25) is 9.55 Å². The molecule has 0 amide bonds. The number of fused-ring (bicyclic) bond motifs is 6. The van der Waals surface area contributed by atoms with Gasteiger partial charge in [-0.25, -0.2) is 9.97 Å². The van der Waals surface area contributed by atoms with Crippen LogP contribution in [0.5, 0.6) is 0 Å². The van der Waals surface area contributed by atoms with E-state index in [1.54, 1.807) is 0 Å². The second kappa shape index (κ2) is 11.0. The molecule has 7 aromatic carbocycles. The summed E-state index contributed by atoms with van der Waals surface area (Å²) in [5, 5.41) is 5.93. The number of pyridine rings is 1. The number of para-hydroxylation sites is 3. The Bertz CT molecular complexity index is 2860. The van der Waals surface area contributed by atoms with Crippen molar-refractivity contribution in [3.8, 4) is 39.1 Å². The molecule has 4 heteroatoms. The van der Waals surface area contributed by atoms with Crippen LogP contribution < -0.4 is 0 Å². The van der Waals surface area contributed by atoms with Crippen LogP contribution in [0.1, 0.15) is 0 Å². The minimum absolute atomic E-state index is 0.856. The van der Waals surface area contributed by atoms with Crippen molar-refractivity contribution in [1.82, 2.24) is 19.5 Å². The summed E-state index contributed by atoms with van der Waals surface area (Å²) in [6.45, 7) is 0. The standard InChI is InChI=1S/C45H28N4/c1-3-12-29(13-4-1)42-34-17-7-8-18-35(34)43(32-14-11-25-46-28-32)36-23-21-30(26-37(36)42)31-22-24-41-38(27-31)44-45(49(41)33-15-5-2-6-16-33)48-40-20-10-9-19-39(40)47-44/h1-28H. The van der Waals surface area contributed by atoms with E-state index >= 15 is 0 Å². The molecule has 0 N–H and O–H groups in total. The number of nitrogens with zero attached hydrogens (tertiary/aromatic N) is 4. The van der Waals surface area contributed by atoms with Crippen LogP contribution in [-0.4, -0.2) is 19.5 Å². The lowest BCUT2D eigenvalue weighted by molar-refractivity contribution is 1.14. The number of hydrogen-bond donors (Lipinski definition) is 0. The first-order valence-electron chi connectivity index (χ1n) is 16.5. The third kappa shape index (κ3) is 4.35. The van der Waals surface area contributed by atoms with Gasteiger partial charge in [-0.2, -0.15) is 0 Å². The molecule has 0 fully saturated rings. The fraction of sp³-hybridized carbons (Fsp3) is 0. The van der Waals surface area contributed by atoms with Crippen LogP contribution in [0, 0.1) is 0 Å². The first kappa shape index (κ1) is 27.5. The van der Waals surface area contributed by atoms with Crippen LogP contribution in [0.15, 0.2) is 170 Å². The first-order valence-corrected chi connectivity index (χ1v) is 16.5. The van der Waals surface area contributed by atoms with Gasteiger partial charge in [0.15, 0.2) is 5.65 Å².